The fraction of sp³-hybridized carbons (Fsp3) is 0.308. The number of carbonyl (C=O) groups is 1. The fourth-order valence-corrected chi connectivity index (χ4v) is 4.39. The molecule has 32 heavy (non-hydrogen) atoms. The van der Waals surface area contributed by atoms with Crippen LogP contribution in [0.15, 0.2) is 72.9 Å². The minimum atomic E-state index is -0.678. The highest BCUT2D eigenvalue weighted by Gasteiger charge is 2.38. The Morgan fingerprint density at radius 2 is 1.78 bits per heavy atom. The van der Waals surface area contributed by atoms with Gasteiger partial charge in [0.05, 0.1) is 11.2 Å². The van der Waals surface area contributed by atoms with Crippen LogP contribution in [0.4, 0.5) is 4.39 Å². The molecular formula is C26H28FN3O2. The zero-order chi connectivity index (χ0) is 22.4. The Morgan fingerprint density at radius 1 is 1.06 bits per heavy atom. The minimum absolute atomic E-state index is 0.144. The van der Waals surface area contributed by atoms with Gasteiger partial charge in [-0.2, -0.15) is 0 Å². The molecule has 0 aliphatic carbocycles. The molecule has 1 amide bonds. The number of hydrogen-bond donors (Lipinski definition) is 1. The second-order valence-electron chi connectivity index (χ2n) is 8.24. The van der Waals surface area contributed by atoms with Crippen LogP contribution in [-0.4, -0.2) is 28.9 Å². The van der Waals surface area contributed by atoms with Crippen LogP contribution in [0.5, 0.6) is 5.75 Å². The van der Waals surface area contributed by atoms with E-state index in [-0.39, 0.29) is 11.7 Å². The highest BCUT2D eigenvalue weighted by molar-refractivity contribution is 5.74. The van der Waals surface area contributed by atoms with Crippen molar-refractivity contribution in [2.75, 3.05) is 13.1 Å². The third-order valence-corrected chi connectivity index (χ3v) is 5.98. The third-order valence-electron chi connectivity index (χ3n) is 5.98. The predicted octanol–water partition coefficient (Wildman–Crippen LogP) is 4.43. The van der Waals surface area contributed by atoms with Gasteiger partial charge in [-0.05, 0) is 37.1 Å². The van der Waals surface area contributed by atoms with Crippen molar-refractivity contribution in [2.24, 2.45) is 0 Å². The lowest BCUT2D eigenvalue weighted by atomic mass is 9.80. The van der Waals surface area contributed by atoms with Gasteiger partial charge in [0.2, 0.25) is 5.91 Å². The zero-order valence-electron chi connectivity index (χ0n) is 18.3. The molecule has 0 bridgehead atoms. The van der Waals surface area contributed by atoms with Gasteiger partial charge in [-0.15, -0.1) is 0 Å². The molecule has 3 aromatic rings. The molecule has 2 heterocycles. The van der Waals surface area contributed by atoms with Crippen LogP contribution in [0.25, 0.3) is 0 Å². The van der Waals surface area contributed by atoms with E-state index >= 15 is 0 Å². The number of hydrogen-bond acceptors (Lipinski definition) is 4. The standard InChI is InChI=1S/C26H28FN3O2/c1-20(31)29-26(23-10-3-4-11-24(23)27)13-16-30(17-14-26)18-21-8-2-5-12-25(21)32-19-22-9-6-7-15-28-22/h2-12,15H,13-14,16-19H2,1H3,(H,29,31). The summed E-state index contributed by atoms with van der Waals surface area (Å²) in [5.41, 5.74) is 1.86. The average Bonchev–Trinajstić information content (AvgIpc) is 2.80. The highest BCUT2D eigenvalue weighted by Crippen LogP contribution is 2.35. The van der Waals surface area contributed by atoms with E-state index in [4.69, 9.17) is 4.74 Å². The topological polar surface area (TPSA) is 54.5 Å². The summed E-state index contributed by atoms with van der Waals surface area (Å²) in [7, 11) is 0. The molecule has 0 atom stereocenters. The molecule has 2 aromatic carbocycles. The summed E-state index contributed by atoms with van der Waals surface area (Å²) in [5, 5.41) is 3.05. The molecule has 166 valence electrons. The number of para-hydroxylation sites is 1. The second kappa shape index (κ2) is 9.92. The van der Waals surface area contributed by atoms with Crippen molar-refractivity contribution >= 4 is 5.91 Å². The van der Waals surface area contributed by atoms with Gasteiger partial charge >= 0.3 is 0 Å². The molecule has 1 aliphatic heterocycles. The molecule has 0 spiro atoms. The Morgan fingerprint density at radius 3 is 2.50 bits per heavy atom. The van der Waals surface area contributed by atoms with Gasteiger partial charge in [0.1, 0.15) is 18.2 Å². The number of piperidine rings is 1. The van der Waals surface area contributed by atoms with Crippen LogP contribution >= 0.6 is 0 Å². The van der Waals surface area contributed by atoms with Crippen LogP contribution in [0, 0.1) is 5.82 Å². The normalized spacial score (nSPS) is 15.8. The molecule has 1 aromatic heterocycles. The molecule has 1 fully saturated rings. The Balaban J connectivity index is 1.44. The second-order valence-corrected chi connectivity index (χ2v) is 8.24. The molecule has 0 unspecified atom stereocenters. The molecule has 1 N–H and O–H groups in total. The summed E-state index contributed by atoms with van der Waals surface area (Å²) in [5.74, 6) is 0.420. The van der Waals surface area contributed by atoms with Crippen molar-refractivity contribution in [3.05, 3.63) is 95.6 Å². The van der Waals surface area contributed by atoms with E-state index in [1.54, 1.807) is 18.3 Å². The molecule has 1 saturated heterocycles. The van der Waals surface area contributed by atoms with Crippen LogP contribution in [0.1, 0.15) is 36.6 Å². The SMILES string of the molecule is CC(=O)NC1(c2ccccc2F)CCN(Cc2ccccc2OCc2ccccn2)CC1. The van der Waals surface area contributed by atoms with Crippen LogP contribution < -0.4 is 10.1 Å². The van der Waals surface area contributed by atoms with Crippen molar-refractivity contribution in [1.82, 2.24) is 15.2 Å². The lowest BCUT2D eigenvalue weighted by Crippen LogP contribution is -2.52. The van der Waals surface area contributed by atoms with Gasteiger partial charge in [0.15, 0.2) is 0 Å². The Bertz CT molecular complexity index is 1050. The van der Waals surface area contributed by atoms with E-state index in [0.717, 1.165) is 36.6 Å². The lowest BCUT2D eigenvalue weighted by molar-refractivity contribution is -0.121. The van der Waals surface area contributed by atoms with Crippen LogP contribution in [-0.2, 0) is 23.5 Å². The first-order valence-corrected chi connectivity index (χ1v) is 10.9. The van der Waals surface area contributed by atoms with Crippen molar-refractivity contribution in [3.8, 4) is 5.75 Å². The van der Waals surface area contributed by atoms with Crippen LogP contribution in [0.2, 0.25) is 0 Å². The maximum absolute atomic E-state index is 14.6. The predicted molar refractivity (Wildman–Crippen MR) is 121 cm³/mol. The summed E-state index contributed by atoms with van der Waals surface area (Å²) in [6.45, 7) is 4.11. The molecule has 4 rings (SSSR count). The number of rotatable bonds is 7. The monoisotopic (exact) mass is 433 g/mol. The Labute approximate surface area is 188 Å². The van der Waals surface area contributed by atoms with E-state index in [1.807, 2.05) is 42.5 Å². The van der Waals surface area contributed by atoms with Gasteiger partial charge in [-0.3, -0.25) is 14.7 Å². The van der Waals surface area contributed by atoms with Gasteiger partial charge in [-0.1, -0.05) is 42.5 Å². The number of nitrogens with one attached hydrogen (secondary N) is 1. The number of ether oxygens (including phenoxy) is 1. The number of aromatic nitrogens is 1. The first-order valence-electron chi connectivity index (χ1n) is 10.9. The first-order chi connectivity index (χ1) is 15.6. The Hall–Kier alpha value is -3.25. The molecule has 1 aliphatic rings. The van der Waals surface area contributed by atoms with Gasteiger partial charge < -0.3 is 10.1 Å². The number of halogens is 1. The van der Waals surface area contributed by atoms with Gasteiger partial charge in [0.25, 0.3) is 0 Å². The van der Waals surface area contributed by atoms with Crippen molar-refractivity contribution in [3.63, 3.8) is 0 Å². The van der Waals surface area contributed by atoms with E-state index in [2.05, 4.69) is 21.3 Å². The largest absolute Gasteiger partial charge is 0.487 e. The van der Waals surface area contributed by atoms with Crippen molar-refractivity contribution < 1.29 is 13.9 Å². The summed E-state index contributed by atoms with van der Waals surface area (Å²) in [6, 6.07) is 20.5. The number of pyridine rings is 1. The van der Waals surface area contributed by atoms with Gasteiger partial charge in [-0.25, -0.2) is 4.39 Å². The van der Waals surface area contributed by atoms with E-state index in [9.17, 15) is 9.18 Å². The first kappa shape index (κ1) is 22.0. The maximum atomic E-state index is 14.6. The lowest BCUT2D eigenvalue weighted by Gasteiger charge is -2.43. The molecular weight excluding hydrogens is 405 g/mol. The third kappa shape index (κ3) is 5.14. The number of carbonyl (C=O) groups excluding carboxylic acids is 1. The summed E-state index contributed by atoms with van der Waals surface area (Å²) < 4.78 is 20.7. The van der Waals surface area contributed by atoms with E-state index in [1.165, 1.54) is 13.0 Å². The van der Waals surface area contributed by atoms with Crippen molar-refractivity contribution in [1.29, 1.82) is 0 Å². The average molecular weight is 434 g/mol. The van der Waals surface area contributed by atoms with E-state index in [0.29, 0.717) is 25.0 Å². The fourth-order valence-electron chi connectivity index (χ4n) is 4.39. The zero-order valence-corrected chi connectivity index (χ0v) is 18.3. The molecule has 0 saturated carbocycles. The number of likely N-dealkylation sites (tertiary alicyclic amines) is 1. The number of nitrogens with zero attached hydrogens (tertiary/aromatic N) is 2. The smallest absolute Gasteiger partial charge is 0.217 e. The highest BCUT2D eigenvalue weighted by atomic mass is 19.1. The molecule has 6 heteroatoms. The molecule has 5 nitrogen and oxygen atoms in total. The molecule has 0 radical (unpaired) electrons. The number of benzene rings is 2. The maximum Gasteiger partial charge on any atom is 0.217 e. The van der Waals surface area contributed by atoms with Crippen molar-refractivity contribution in [2.45, 2.75) is 38.5 Å². The minimum Gasteiger partial charge on any atom is -0.487 e. The number of amides is 1. The summed E-state index contributed by atoms with van der Waals surface area (Å²) in [4.78, 5) is 18.6. The quantitative estimate of drug-likeness (QED) is 0.599. The Kier molecular flexibility index (Phi) is 6.81. The summed E-state index contributed by atoms with van der Waals surface area (Å²) in [6.07, 6.45) is 3.05. The summed E-state index contributed by atoms with van der Waals surface area (Å²) >= 11 is 0. The van der Waals surface area contributed by atoms with Gasteiger partial charge in [0, 0.05) is 43.9 Å². The van der Waals surface area contributed by atoms with E-state index < -0.39 is 5.54 Å². The van der Waals surface area contributed by atoms with Crippen LogP contribution in [0.3, 0.4) is 0 Å².